The molecule has 2 aromatic rings. The van der Waals surface area contributed by atoms with Gasteiger partial charge in [-0.1, -0.05) is 24.3 Å². The third-order valence-corrected chi connectivity index (χ3v) is 4.66. The first-order chi connectivity index (χ1) is 12.1. The largest absolute Gasteiger partial charge is 0.370 e. The second kappa shape index (κ2) is 7.65. The monoisotopic (exact) mass is 343 g/mol. The number of hydrogen-bond acceptors (Lipinski definition) is 4. The summed E-state index contributed by atoms with van der Waals surface area (Å²) in [4.78, 5) is 14.5. The molecule has 0 radical (unpaired) electrons. The molecule has 0 aliphatic carbocycles. The van der Waals surface area contributed by atoms with Gasteiger partial charge in [-0.15, -0.1) is 10.2 Å². The highest BCUT2D eigenvalue weighted by Crippen LogP contribution is 2.27. The van der Waals surface area contributed by atoms with Crippen LogP contribution in [0.2, 0.25) is 0 Å². The van der Waals surface area contributed by atoms with Gasteiger partial charge < -0.3 is 19.5 Å². The Labute approximate surface area is 148 Å². The van der Waals surface area contributed by atoms with Crippen LogP contribution < -0.4 is 5.32 Å². The Balaban J connectivity index is 1.65. The number of nitrogens with one attached hydrogen (secondary N) is 1. The molecule has 2 atom stereocenters. The van der Waals surface area contributed by atoms with Crippen molar-refractivity contribution in [1.82, 2.24) is 25.0 Å². The number of hydrogen-bond donors (Lipinski definition) is 1. The van der Waals surface area contributed by atoms with E-state index in [1.165, 1.54) is 5.56 Å². The Hall–Kier alpha value is -2.41. The minimum atomic E-state index is -0.0972. The van der Waals surface area contributed by atoms with Gasteiger partial charge in [-0.2, -0.15) is 0 Å². The van der Waals surface area contributed by atoms with Gasteiger partial charge in [0, 0.05) is 6.54 Å². The summed E-state index contributed by atoms with van der Waals surface area (Å²) >= 11 is 0. The summed E-state index contributed by atoms with van der Waals surface area (Å²) in [5, 5.41) is 10.9. The van der Waals surface area contributed by atoms with Crippen LogP contribution in [0.5, 0.6) is 0 Å². The zero-order valence-corrected chi connectivity index (χ0v) is 15.0. The zero-order valence-electron chi connectivity index (χ0n) is 15.0. The SMILES string of the molecule is CCn1cnnc1CNC(=O)N1C[C@@H](c2ccccc2C)OC[C@@H]1C. The maximum atomic E-state index is 12.7. The molecule has 7 heteroatoms. The first-order valence-corrected chi connectivity index (χ1v) is 8.68. The molecule has 1 fully saturated rings. The van der Waals surface area contributed by atoms with E-state index in [-0.39, 0.29) is 18.2 Å². The standard InChI is InChI=1S/C18H25N5O2/c1-4-22-12-20-21-17(22)9-19-18(24)23-10-16(25-11-14(23)3)15-8-6-5-7-13(15)2/h5-8,12,14,16H,4,9-11H2,1-3H3,(H,19,24)/t14-,16-/m0/s1. The van der Waals surface area contributed by atoms with Crippen LogP contribution in [-0.4, -0.2) is 44.9 Å². The normalized spacial score (nSPS) is 20.5. The summed E-state index contributed by atoms with van der Waals surface area (Å²) < 4.78 is 7.89. The smallest absolute Gasteiger partial charge is 0.318 e. The molecule has 0 unspecified atom stereocenters. The average molecular weight is 343 g/mol. The third kappa shape index (κ3) is 3.82. The number of aryl methyl sites for hydroxylation is 2. The van der Waals surface area contributed by atoms with E-state index in [1.807, 2.05) is 35.4 Å². The van der Waals surface area contributed by atoms with Crippen molar-refractivity contribution in [2.24, 2.45) is 0 Å². The summed E-state index contributed by atoms with van der Waals surface area (Å²) in [6.07, 6.45) is 1.58. The first kappa shape index (κ1) is 17.4. The molecule has 0 bridgehead atoms. The number of amides is 2. The van der Waals surface area contributed by atoms with Gasteiger partial charge in [0.05, 0.1) is 25.7 Å². The molecular weight excluding hydrogens is 318 g/mol. The van der Waals surface area contributed by atoms with Gasteiger partial charge in [0.2, 0.25) is 0 Å². The molecule has 2 heterocycles. The molecule has 7 nitrogen and oxygen atoms in total. The van der Waals surface area contributed by atoms with E-state index in [2.05, 4.69) is 34.6 Å². The summed E-state index contributed by atoms with van der Waals surface area (Å²) in [6.45, 7) is 8.30. The van der Waals surface area contributed by atoms with E-state index < -0.39 is 0 Å². The second-order valence-corrected chi connectivity index (χ2v) is 6.37. The van der Waals surface area contributed by atoms with Gasteiger partial charge in [-0.3, -0.25) is 0 Å². The number of carbonyl (C=O) groups is 1. The maximum Gasteiger partial charge on any atom is 0.318 e. The minimum absolute atomic E-state index is 0.0318. The molecule has 134 valence electrons. The van der Waals surface area contributed by atoms with Gasteiger partial charge >= 0.3 is 6.03 Å². The summed E-state index contributed by atoms with van der Waals surface area (Å²) in [6, 6.07) is 8.09. The number of rotatable bonds is 4. The second-order valence-electron chi connectivity index (χ2n) is 6.37. The lowest BCUT2D eigenvalue weighted by Crippen LogP contribution is -2.52. The summed E-state index contributed by atoms with van der Waals surface area (Å²) in [7, 11) is 0. The lowest BCUT2D eigenvalue weighted by atomic mass is 10.0. The van der Waals surface area contributed by atoms with Crippen molar-refractivity contribution in [2.75, 3.05) is 13.2 Å². The van der Waals surface area contributed by atoms with Crippen molar-refractivity contribution in [3.05, 3.63) is 47.5 Å². The predicted octanol–water partition coefficient (Wildman–Crippen LogP) is 2.28. The topological polar surface area (TPSA) is 72.3 Å². The van der Waals surface area contributed by atoms with Crippen LogP contribution in [0.3, 0.4) is 0 Å². The fourth-order valence-corrected chi connectivity index (χ4v) is 3.11. The highest BCUT2D eigenvalue weighted by Gasteiger charge is 2.31. The van der Waals surface area contributed by atoms with Crippen LogP contribution in [0.25, 0.3) is 0 Å². The molecule has 0 spiro atoms. The van der Waals surface area contributed by atoms with Crippen molar-refractivity contribution in [2.45, 2.75) is 46.0 Å². The molecule has 1 saturated heterocycles. The molecule has 1 aromatic heterocycles. The summed E-state index contributed by atoms with van der Waals surface area (Å²) in [5.41, 5.74) is 2.32. The molecule has 1 aliphatic heterocycles. The van der Waals surface area contributed by atoms with Crippen LogP contribution in [0.4, 0.5) is 4.79 Å². The Morgan fingerprint density at radius 2 is 2.20 bits per heavy atom. The van der Waals surface area contributed by atoms with E-state index in [0.29, 0.717) is 19.7 Å². The van der Waals surface area contributed by atoms with Crippen LogP contribution in [0.1, 0.15) is 36.9 Å². The average Bonchev–Trinajstić information content (AvgIpc) is 3.08. The number of nitrogens with zero attached hydrogens (tertiary/aromatic N) is 4. The Morgan fingerprint density at radius 1 is 1.40 bits per heavy atom. The number of morpholine rings is 1. The molecule has 0 saturated carbocycles. The lowest BCUT2D eigenvalue weighted by Gasteiger charge is -2.38. The fourth-order valence-electron chi connectivity index (χ4n) is 3.11. The Kier molecular flexibility index (Phi) is 5.33. The van der Waals surface area contributed by atoms with Gasteiger partial charge in [-0.05, 0) is 31.9 Å². The summed E-state index contributed by atoms with van der Waals surface area (Å²) in [5.74, 6) is 0.757. The number of carbonyl (C=O) groups excluding carboxylic acids is 1. The van der Waals surface area contributed by atoms with E-state index >= 15 is 0 Å². The van der Waals surface area contributed by atoms with Gasteiger partial charge in [0.15, 0.2) is 5.82 Å². The van der Waals surface area contributed by atoms with Crippen LogP contribution in [0.15, 0.2) is 30.6 Å². The number of ether oxygens (including phenoxy) is 1. The van der Waals surface area contributed by atoms with Gasteiger partial charge in [0.1, 0.15) is 12.4 Å². The zero-order chi connectivity index (χ0) is 17.8. The van der Waals surface area contributed by atoms with Crippen molar-refractivity contribution >= 4 is 6.03 Å². The van der Waals surface area contributed by atoms with E-state index in [4.69, 9.17) is 4.74 Å². The van der Waals surface area contributed by atoms with E-state index in [9.17, 15) is 4.79 Å². The molecule has 1 aromatic carbocycles. The van der Waals surface area contributed by atoms with E-state index in [1.54, 1.807) is 6.33 Å². The van der Waals surface area contributed by atoms with Crippen LogP contribution in [-0.2, 0) is 17.8 Å². The first-order valence-electron chi connectivity index (χ1n) is 8.68. The highest BCUT2D eigenvalue weighted by atomic mass is 16.5. The Morgan fingerprint density at radius 3 is 2.96 bits per heavy atom. The number of benzene rings is 1. The third-order valence-electron chi connectivity index (χ3n) is 4.66. The minimum Gasteiger partial charge on any atom is -0.370 e. The number of urea groups is 1. The molecule has 1 N–H and O–H groups in total. The molecular formula is C18H25N5O2. The van der Waals surface area contributed by atoms with Crippen LogP contribution >= 0.6 is 0 Å². The van der Waals surface area contributed by atoms with Crippen LogP contribution in [0, 0.1) is 6.92 Å². The van der Waals surface area contributed by atoms with Crippen molar-refractivity contribution in [3.63, 3.8) is 0 Å². The quantitative estimate of drug-likeness (QED) is 0.924. The van der Waals surface area contributed by atoms with Gasteiger partial charge in [0.25, 0.3) is 0 Å². The highest BCUT2D eigenvalue weighted by molar-refractivity contribution is 5.74. The molecule has 1 aliphatic rings. The van der Waals surface area contributed by atoms with Crippen molar-refractivity contribution in [1.29, 1.82) is 0 Å². The maximum absolute atomic E-state index is 12.7. The van der Waals surface area contributed by atoms with Crippen molar-refractivity contribution in [3.8, 4) is 0 Å². The van der Waals surface area contributed by atoms with Gasteiger partial charge in [-0.25, -0.2) is 4.79 Å². The number of aromatic nitrogens is 3. The fraction of sp³-hybridized carbons (Fsp3) is 0.500. The predicted molar refractivity (Wildman–Crippen MR) is 94.0 cm³/mol. The molecule has 2 amide bonds. The lowest BCUT2D eigenvalue weighted by molar-refractivity contribution is -0.0431. The Bertz CT molecular complexity index is 730. The van der Waals surface area contributed by atoms with Crippen molar-refractivity contribution < 1.29 is 9.53 Å². The molecule has 25 heavy (non-hydrogen) atoms. The molecule has 3 rings (SSSR count). The van der Waals surface area contributed by atoms with E-state index in [0.717, 1.165) is 17.9 Å².